The first-order chi connectivity index (χ1) is 8.08. The Labute approximate surface area is 106 Å². The zero-order valence-corrected chi connectivity index (χ0v) is 11.0. The van der Waals surface area contributed by atoms with E-state index in [4.69, 9.17) is 16.9 Å². The van der Waals surface area contributed by atoms with Crippen molar-refractivity contribution >= 4 is 23.4 Å². The van der Waals surface area contributed by atoms with Gasteiger partial charge >= 0.3 is 0 Å². The van der Waals surface area contributed by atoms with Gasteiger partial charge in [-0.05, 0) is 13.8 Å². The molecule has 5 nitrogen and oxygen atoms in total. The molecular formula is C11H16ClN5. The number of hydrogen-bond donors (Lipinski definition) is 1. The zero-order valence-electron chi connectivity index (χ0n) is 10.2. The number of rotatable bonds is 5. The number of nitrogens with one attached hydrogen (secondary N) is 1. The molecule has 0 saturated carbocycles. The summed E-state index contributed by atoms with van der Waals surface area (Å²) in [7, 11) is 1.86. The first kappa shape index (κ1) is 13.5. The van der Waals surface area contributed by atoms with E-state index in [1.165, 1.54) is 0 Å². The lowest BCUT2D eigenvalue weighted by Crippen LogP contribution is -2.25. The van der Waals surface area contributed by atoms with E-state index in [1.807, 2.05) is 25.8 Å². The molecule has 1 atom stereocenters. The van der Waals surface area contributed by atoms with E-state index in [-0.39, 0.29) is 5.92 Å². The van der Waals surface area contributed by atoms with Crippen LogP contribution in [-0.4, -0.2) is 30.1 Å². The van der Waals surface area contributed by atoms with Gasteiger partial charge in [-0.15, -0.1) is 0 Å². The number of anilines is 2. The molecule has 0 aliphatic heterocycles. The van der Waals surface area contributed by atoms with E-state index < -0.39 is 0 Å². The molecule has 6 heteroatoms. The van der Waals surface area contributed by atoms with Crippen molar-refractivity contribution in [1.82, 2.24) is 9.97 Å². The first-order valence-corrected chi connectivity index (χ1v) is 5.83. The molecule has 1 unspecified atom stereocenters. The number of halogens is 1. The molecule has 0 aromatic carbocycles. The third-order valence-corrected chi connectivity index (χ3v) is 2.46. The maximum atomic E-state index is 8.78. The van der Waals surface area contributed by atoms with E-state index in [1.54, 1.807) is 6.20 Å². The SMILES string of the molecule is CCNc1ncc(Cl)c(N(C)CC(C)C#N)n1. The smallest absolute Gasteiger partial charge is 0.224 e. The van der Waals surface area contributed by atoms with Crippen LogP contribution in [-0.2, 0) is 0 Å². The average molecular weight is 254 g/mol. The van der Waals surface area contributed by atoms with Gasteiger partial charge in [-0.2, -0.15) is 10.2 Å². The van der Waals surface area contributed by atoms with Crippen molar-refractivity contribution in [3.8, 4) is 6.07 Å². The van der Waals surface area contributed by atoms with E-state index in [0.717, 1.165) is 6.54 Å². The van der Waals surface area contributed by atoms with Gasteiger partial charge < -0.3 is 10.2 Å². The Morgan fingerprint density at radius 2 is 2.35 bits per heavy atom. The lowest BCUT2D eigenvalue weighted by atomic mass is 10.2. The fourth-order valence-corrected chi connectivity index (χ4v) is 1.64. The Morgan fingerprint density at radius 3 is 2.94 bits per heavy atom. The van der Waals surface area contributed by atoms with Crippen molar-refractivity contribution < 1.29 is 0 Å². The van der Waals surface area contributed by atoms with E-state index in [0.29, 0.717) is 23.3 Å². The second kappa shape index (κ2) is 6.26. The Kier molecular flexibility index (Phi) is 4.98. The van der Waals surface area contributed by atoms with Crippen molar-refractivity contribution in [2.45, 2.75) is 13.8 Å². The van der Waals surface area contributed by atoms with Crippen LogP contribution >= 0.6 is 11.6 Å². The summed E-state index contributed by atoms with van der Waals surface area (Å²) in [5, 5.41) is 12.3. The second-order valence-corrected chi connectivity index (χ2v) is 4.21. The molecule has 92 valence electrons. The highest BCUT2D eigenvalue weighted by Gasteiger charge is 2.12. The van der Waals surface area contributed by atoms with E-state index >= 15 is 0 Å². The minimum absolute atomic E-state index is 0.0754. The fourth-order valence-electron chi connectivity index (χ4n) is 1.41. The van der Waals surface area contributed by atoms with Crippen LogP contribution in [0.2, 0.25) is 5.02 Å². The summed E-state index contributed by atoms with van der Waals surface area (Å²) in [6.07, 6.45) is 1.56. The molecule has 17 heavy (non-hydrogen) atoms. The second-order valence-electron chi connectivity index (χ2n) is 3.81. The van der Waals surface area contributed by atoms with Crippen LogP contribution < -0.4 is 10.2 Å². The quantitative estimate of drug-likeness (QED) is 0.871. The average Bonchev–Trinajstić information content (AvgIpc) is 2.31. The highest BCUT2D eigenvalue weighted by Crippen LogP contribution is 2.23. The number of nitriles is 1. The van der Waals surface area contributed by atoms with Gasteiger partial charge in [0.05, 0.1) is 18.2 Å². The molecule has 1 aromatic heterocycles. The van der Waals surface area contributed by atoms with Crippen LogP contribution in [0.1, 0.15) is 13.8 Å². The summed E-state index contributed by atoms with van der Waals surface area (Å²) in [6, 6.07) is 2.18. The third kappa shape index (κ3) is 3.75. The largest absolute Gasteiger partial charge is 0.357 e. The van der Waals surface area contributed by atoms with Gasteiger partial charge in [0.1, 0.15) is 5.02 Å². The summed E-state index contributed by atoms with van der Waals surface area (Å²) >= 11 is 6.04. The van der Waals surface area contributed by atoms with Gasteiger partial charge in [-0.1, -0.05) is 11.6 Å². The molecule has 1 N–H and O–H groups in total. The molecule has 0 spiro atoms. The number of nitrogens with zero attached hydrogens (tertiary/aromatic N) is 4. The summed E-state index contributed by atoms with van der Waals surface area (Å²) in [5.41, 5.74) is 0. The maximum Gasteiger partial charge on any atom is 0.224 e. The molecule has 1 heterocycles. The molecule has 1 rings (SSSR count). The highest BCUT2D eigenvalue weighted by molar-refractivity contribution is 6.32. The Morgan fingerprint density at radius 1 is 1.65 bits per heavy atom. The normalized spacial score (nSPS) is 11.7. The number of aromatic nitrogens is 2. The summed E-state index contributed by atoms with van der Waals surface area (Å²) in [4.78, 5) is 10.2. The molecule has 0 aliphatic carbocycles. The lowest BCUT2D eigenvalue weighted by Gasteiger charge is -2.20. The standard InChI is InChI=1S/C11H16ClN5/c1-4-14-11-15-6-9(12)10(16-11)17(3)7-8(2)5-13/h6,8H,4,7H2,1-3H3,(H,14,15,16). The van der Waals surface area contributed by atoms with E-state index in [9.17, 15) is 0 Å². The van der Waals surface area contributed by atoms with Gasteiger partial charge in [-0.3, -0.25) is 0 Å². The summed E-state index contributed by atoms with van der Waals surface area (Å²) < 4.78 is 0. The lowest BCUT2D eigenvalue weighted by molar-refractivity contribution is 0.709. The topological polar surface area (TPSA) is 64.8 Å². The van der Waals surface area contributed by atoms with Crippen LogP contribution in [0.3, 0.4) is 0 Å². The highest BCUT2D eigenvalue weighted by atomic mass is 35.5. The van der Waals surface area contributed by atoms with E-state index in [2.05, 4.69) is 21.4 Å². The molecule has 1 aromatic rings. The van der Waals surface area contributed by atoms with Crippen molar-refractivity contribution in [3.63, 3.8) is 0 Å². The Hall–Kier alpha value is -1.54. The van der Waals surface area contributed by atoms with Crippen molar-refractivity contribution in [1.29, 1.82) is 5.26 Å². The molecule has 0 saturated heterocycles. The monoisotopic (exact) mass is 253 g/mol. The predicted molar refractivity (Wildman–Crippen MR) is 69.3 cm³/mol. The van der Waals surface area contributed by atoms with Crippen LogP contribution in [0.5, 0.6) is 0 Å². The van der Waals surface area contributed by atoms with Gasteiger partial charge in [0.2, 0.25) is 5.95 Å². The minimum Gasteiger partial charge on any atom is -0.357 e. The summed E-state index contributed by atoms with van der Waals surface area (Å²) in [5.74, 6) is 1.11. The predicted octanol–water partition coefficient (Wildman–Crippen LogP) is 2.16. The van der Waals surface area contributed by atoms with Crippen LogP contribution in [0.4, 0.5) is 11.8 Å². The van der Waals surface area contributed by atoms with Crippen LogP contribution in [0.25, 0.3) is 0 Å². The number of hydrogen-bond acceptors (Lipinski definition) is 5. The summed E-state index contributed by atoms with van der Waals surface area (Å²) in [6.45, 7) is 5.16. The molecular weight excluding hydrogens is 238 g/mol. The van der Waals surface area contributed by atoms with Crippen molar-refractivity contribution in [2.75, 3.05) is 30.4 Å². The molecule has 0 fully saturated rings. The molecule has 0 amide bonds. The van der Waals surface area contributed by atoms with Gasteiger partial charge in [0.15, 0.2) is 5.82 Å². The molecule has 0 bridgehead atoms. The van der Waals surface area contributed by atoms with Gasteiger partial charge in [-0.25, -0.2) is 4.98 Å². The van der Waals surface area contributed by atoms with Gasteiger partial charge in [0, 0.05) is 20.1 Å². The van der Waals surface area contributed by atoms with Crippen molar-refractivity contribution in [2.24, 2.45) is 5.92 Å². The Bertz CT molecular complexity index is 415. The van der Waals surface area contributed by atoms with Crippen LogP contribution in [0, 0.1) is 17.2 Å². The Balaban J connectivity index is 2.88. The fraction of sp³-hybridized carbons (Fsp3) is 0.545. The van der Waals surface area contributed by atoms with Gasteiger partial charge in [0.25, 0.3) is 0 Å². The zero-order chi connectivity index (χ0) is 12.8. The van der Waals surface area contributed by atoms with Crippen molar-refractivity contribution in [3.05, 3.63) is 11.2 Å². The maximum absolute atomic E-state index is 8.78. The van der Waals surface area contributed by atoms with Crippen LogP contribution in [0.15, 0.2) is 6.20 Å². The molecule has 0 aliphatic rings. The third-order valence-electron chi connectivity index (χ3n) is 2.19. The first-order valence-electron chi connectivity index (χ1n) is 5.45. The minimum atomic E-state index is -0.0754. The molecule has 0 radical (unpaired) electrons.